The molecule has 0 aliphatic carbocycles. The molecule has 0 aromatic carbocycles. The Labute approximate surface area is 139 Å². The summed E-state index contributed by atoms with van der Waals surface area (Å²) in [5, 5.41) is 29.6. The van der Waals surface area contributed by atoms with Gasteiger partial charge in [-0.25, -0.2) is 4.79 Å². The number of carbonyl (C=O) groups is 1. The molecule has 0 aromatic heterocycles. The minimum absolute atomic E-state index is 0.349. The molecule has 132 valence electrons. The number of amidine groups is 1. The Hall–Kier alpha value is -0.870. The number of rotatable bonds is 2. The van der Waals surface area contributed by atoms with E-state index in [1.807, 2.05) is 0 Å². The lowest BCUT2D eigenvalue weighted by Crippen LogP contribution is -2.55. The van der Waals surface area contributed by atoms with Gasteiger partial charge in [0, 0.05) is 6.54 Å². The lowest BCUT2D eigenvalue weighted by Gasteiger charge is -2.37. The van der Waals surface area contributed by atoms with E-state index in [9.17, 15) is 20.1 Å². The zero-order chi connectivity index (χ0) is 17.4. The van der Waals surface area contributed by atoms with Crippen molar-refractivity contribution in [3.8, 4) is 0 Å². The number of amides is 1. The standard InChI is InChI=1S/C14H24N2O6S/c1-5-16(13(20)22-14(2,3)4)12-15-8-10(19)9(18)7(6-17)21-11(8)23-12/h7-11,17-19H,5-6H2,1-4H3. The molecule has 0 radical (unpaired) electrons. The van der Waals surface area contributed by atoms with Crippen LogP contribution in [0, 0.1) is 0 Å². The molecule has 5 unspecified atom stereocenters. The van der Waals surface area contributed by atoms with E-state index in [0.29, 0.717) is 11.7 Å². The number of aliphatic hydroxyl groups is 3. The third-order valence-electron chi connectivity index (χ3n) is 3.49. The van der Waals surface area contributed by atoms with Crippen LogP contribution in [-0.2, 0) is 9.47 Å². The second kappa shape index (κ2) is 6.94. The van der Waals surface area contributed by atoms with Gasteiger partial charge in [0.25, 0.3) is 0 Å². The molecule has 2 rings (SSSR count). The van der Waals surface area contributed by atoms with Crippen molar-refractivity contribution in [2.45, 2.75) is 63.1 Å². The molecule has 9 heteroatoms. The second-order valence-corrected chi connectivity index (χ2v) is 7.52. The first kappa shape index (κ1) is 18.5. The van der Waals surface area contributed by atoms with Crippen LogP contribution in [0.4, 0.5) is 4.79 Å². The molecular weight excluding hydrogens is 324 g/mol. The number of thioether (sulfide) groups is 1. The lowest BCUT2D eigenvalue weighted by molar-refractivity contribution is -0.164. The Bertz CT molecular complexity index is 480. The molecule has 1 saturated heterocycles. The Balaban J connectivity index is 2.14. The zero-order valence-corrected chi connectivity index (χ0v) is 14.5. The molecule has 5 atom stereocenters. The molecule has 0 saturated carbocycles. The van der Waals surface area contributed by atoms with Gasteiger partial charge in [-0.05, 0) is 27.7 Å². The summed E-state index contributed by atoms with van der Waals surface area (Å²) in [6.07, 6.45) is -3.78. The van der Waals surface area contributed by atoms with Crippen LogP contribution in [0.5, 0.6) is 0 Å². The van der Waals surface area contributed by atoms with Crippen molar-refractivity contribution in [3.05, 3.63) is 0 Å². The van der Waals surface area contributed by atoms with Crippen LogP contribution < -0.4 is 0 Å². The van der Waals surface area contributed by atoms with Gasteiger partial charge in [-0.2, -0.15) is 0 Å². The molecule has 1 amide bonds. The van der Waals surface area contributed by atoms with Gasteiger partial charge in [-0.15, -0.1) is 0 Å². The predicted molar refractivity (Wildman–Crippen MR) is 85.2 cm³/mol. The number of nitrogens with zero attached hydrogens (tertiary/aromatic N) is 2. The zero-order valence-electron chi connectivity index (χ0n) is 13.7. The summed E-state index contributed by atoms with van der Waals surface area (Å²) in [6, 6.07) is -0.690. The van der Waals surface area contributed by atoms with Crippen LogP contribution in [0.1, 0.15) is 27.7 Å². The van der Waals surface area contributed by atoms with Crippen LogP contribution in [0.3, 0.4) is 0 Å². The maximum Gasteiger partial charge on any atom is 0.416 e. The molecule has 23 heavy (non-hydrogen) atoms. The summed E-state index contributed by atoms with van der Waals surface area (Å²) in [5.74, 6) is 0. The molecule has 2 aliphatic heterocycles. The molecule has 1 fully saturated rings. The van der Waals surface area contributed by atoms with E-state index < -0.39 is 48.1 Å². The van der Waals surface area contributed by atoms with Crippen LogP contribution >= 0.6 is 11.8 Å². The quantitative estimate of drug-likeness (QED) is 0.651. The number of fused-ring (bicyclic) bond motifs is 1. The maximum absolute atomic E-state index is 12.3. The smallest absolute Gasteiger partial charge is 0.416 e. The van der Waals surface area contributed by atoms with Gasteiger partial charge in [0.2, 0.25) is 0 Å². The normalized spacial score (nSPS) is 33.9. The van der Waals surface area contributed by atoms with Crippen LogP contribution in [-0.4, -0.2) is 80.0 Å². The fraction of sp³-hybridized carbons (Fsp3) is 0.857. The van der Waals surface area contributed by atoms with Crippen molar-refractivity contribution in [2.24, 2.45) is 4.99 Å². The fourth-order valence-corrected chi connectivity index (χ4v) is 3.64. The van der Waals surface area contributed by atoms with E-state index >= 15 is 0 Å². The predicted octanol–water partition coefficient (Wildman–Crippen LogP) is 0.154. The lowest BCUT2D eigenvalue weighted by atomic mass is 9.99. The number of aliphatic hydroxyl groups excluding tert-OH is 3. The second-order valence-electron chi connectivity index (χ2n) is 6.45. The van der Waals surface area contributed by atoms with Crippen molar-refractivity contribution in [2.75, 3.05) is 13.2 Å². The van der Waals surface area contributed by atoms with E-state index in [1.54, 1.807) is 27.7 Å². The third kappa shape index (κ3) is 3.97. The van der Waals surface area contributed by atoms with Crippen LogP contribution in [0.2, 0.25) is 0 Å². The van der Waals surface area contributed by atoms with Gasteiger partial charge in [-0.1, -0.05) is 11.8 Å². The van der Waals surface area contributed by atoms with E-state index in [1.165, 1.54) is 16.7 Å². The van der Waals surface area contributed by atoms with Gasteiger partial charge in [0.05, 0.1) is 6.61 Å². The van der Waals surface area contributed by atoms with Crippen molar-refractivity contribution < 1.29 is 29.6 Å². The average Bonchev–Trinajstić information content (AvgIpc) is 2.85. The average molecular weight is 348 g/mol. The molecule has 2 aliphatic rings. The SMILES string of the molecule is CCN(C(=O)OC(C)(C)C)C1=NC2C(OC(CO)C(O)C2O)S1. The largest absolute Gasteiger partial charge is 0.443 e. The summed E-state index contributed by atoms with van der Waals surface area (Å²) in [7, 11) is 0. The molecule has 2 heterocycles. The van der Waals surface area contributed by atoms with Gasteiger partial charge in [0.1, 0.15) is 35.4 Å². The molecule has 0 aromatic rings. The molecular formula is C14H24N2O6S. The first-order valence-electron chi connectivity index (χ1n) is 7.55. The van der Waals surface area contributed by atoms with Crippen LogP contribution in [0.25, 0.3) is 0 Å². The first-order chi connectivity index (χ1) is 10.7. The Morgan fingerprint density at radius 2 is 2.04 bits per heavy atom. The van der Waals surface area contributed by atoms with E-state index in [0.717, 1.165) is 0 Å². The van der Waals surface area contributed by atoms with Crippen molar-refractivity contribution >= 4 is 23.0 Å². The molecule has 0 spiro atoms. The number of hydrogen-bond acceptors (Lipinski definition) is 8. The summed E-state index contributed by atoms with van der Waals surface area (Å²) < 4.78 is 10.9. The van der Waals surface area contributed by atoms with Crippen molar-refractivity contribution in [3.63, 3.8) is 0 Å². The van der Waals surface area contributed by atoms with E-state index in [2.05, 4.69) is 4.99 Å². The summed E-state index contributed by atoms with van der Waals surface area (Å²) in [5.41, 5.74) is -1.19. The van der Waals surface area contributed by atoms with Gasteiger partial charge in [-0.3, -0.25) is 9.89 Å². The highest BCUT2D eigenvalue weighted by molar-refractivity contribution is 8.14. The Kier molecular flexibility index (Phi) is 5.57. The molecule has 3 N–H and O–H groups in total. The number of ether oxygens (including phenoxy) is 2. The Morgan fingerprint density at radius 1 is 1.39 bits per heavy atom. The highest BCUT2D eigenvalue weighted by atomic mass is 32.2. The van der Waals surface area contributed by atoms with Gasteiger partial charge >= 0.3 is 6.09 Å². The topological polar surface area (TPSA) is 112 Å². The maximum atomic E-state index is 12.3. The highest BCUT2D eigenvalue weighted by Crippen LogP contribution is 2.37. The Morgan fingerprint density at radius 3 is 2.57 bits per heavy atom. The summed E-state index contributed by atoms with van der Waals surface area (Å²) in [6.45, 7) is 7.06. The highest BCUT2D eigenvalue weighted by Gasteiger charge is 2.49. The minimum Gasteiger partial charge on any atom is -0.443 e. The number of aliphatic imine (C=N–C) groups is 1. The number of carbonyl (C=O) groups excluding carboxylic acids is 1. The third-order valence-corrected chi connectivity index (χ3v) is 4.65. The fourth-order valence-electron chi connectivity index (χ4n) is 2.36. The first-order valence-corrected chi connectivity index (χ1v) is 8.43. The van der Waals surface area contributed by atoms with Gasteiger partial charge in [0.15, 0.2) is 5.17 Å². The van der Waals surface area contributed by atoms with E-state index in [-0.39, 0.29) is 0 Å². The van der Waals surface area contributed by atoms with Crippen LogP contribution in [0.15, 0.2) is 4.99 Å². The van der Waals surface area contributed by atoms with Crippen molar-refractivity contribution in [1.82, 2.24) is 4.90 Å². The van der Waals surface area contributed by atoms with E-state index in [4.69, 9.17) is 9.47 Å². The molecule has 0 bridgehead atoms. The monoisotopic (exact) mass is 348 g/mol. The minimum atomic E-state index is -1.22. The summed E-state index contributed by atoms with van der Waals surface area (Å²) in [4.78, 5) is 18.0. The number of hydrogen-bond donors (Lipinski definition) is 3. The van der Waals surface area contributed by atoms with Gasteiger partial charge < -0.3 is 24.8 Å². The summed E-state index contributed by atoms with van der Waals surface area (Å²) >= 11 is 1.18. The molecule has 8 nitrogen and oxygen atoms in total. The van der Waals surface area contributed by atoms with Crippen molar-refractivity contribution in [1.29, 1.82) is 0 Å².